The molecule has 0 spiro atoms. The molecule has 1 aromatic carbocycles. The molecule has 112 valence electrons. The van der Waals surface area contributed by atoms with Crippen molar-refractivity contribution in [3.63, 3.8) is 0 Å². The Balaban J connectivity index is 1.84. The molecule has 1 heterocycles. The number of thiazole rings is 1. The van der Waals surface area contributed by atoms with Crippen LogP contribution in [0.2, 0.25) is 0 Å². The lowest BCUT2D eigenvalue weighted by Gasteiger charge is -2.10. The summed E-state index contributed by atoms with van der Waals surface area (Å²) in [4.78, 5) is 16.4. The second-order valence-electron chi connectivity index (χ2n) is 5.35. The number of benzene rings is 1. The first kappa shape index (κ1) is 15.7. The summed E-state index contributed by atoms with van der Waals surface area (Å²) in [5, 5.41) is 5.39. The van der Waals surface area contributed by atoms with Crippen LogP contribution in [0.25, 0.3) is 0 Å². The van der Waals surface area contributed by atoms with Gasteiger partial charge in [0.05, 0.1) is 11.7 Å². The summed E-state index contributed by atoms with van der Waals surface area (Å²) in [6.07, 6.45) is 1.42. The lowest BCUT2D eigenvalue weighted by atomic mass is 10.1. The van der Waals surface area contributed by atoms with Crippen molar-refractivity contribution in [3.05, 3.63) is 47.0 Å². The van der Waals surface area contributed by atoms with Gasteiger partial charge < -0.3 is 11.1 Å². The zero-order valence-electron chi connectivity index (χ0n) is 12.4. The molecule has 1 unspecified atom stereocenters. The third-order valence-electron chi connectivity index (χ3n) is 3.27. The van der Waals surface area contributed by atoms with Gasteiger partial charge in [-0.1, -0.05) is 44.2 Å². The summed E-state index contributed by atoms with van der Waals surface area (Å²) in [5.74, 6) is 0.189. The quantitative estimate of drug-likeness (QED) is 0.861. The lowest BCUT2D eigenvalue weighted by molar-refractivity contribution is -0.117. The zero-order chi connectivity index (χ0) is 15.2. The molecule has 1 atom stereocenters. The molecule has 5 heteroatoms. The number of carbonyl (C=O) groups excluding carboxylic acids is 1. The number of aryl methyl sites for hydroxylation is 1. The molecule has 4 nitrogen and oxygen atoms in total. The molecular weight excluding hydrogens is 282 g/mol. The second-order valence-corrected chi connectivity index (χ2v) is 6.21. The Bertz CT molecular complexity index is 580. The first-order valence-electron chi connectivity index (χ1n) is 7.12. The van der Waals surface area contributed by atoms with Crippen molar-refractivity contribution in [2.75, 3.05) is 5.32 Å². The fourth-order valence-corrected chi connectivity index (χ4v) is 2.78. The highest BCUT2D eigenvalue weighted by Gasteiger charge is 2.15. The summed E-state index contributed by atoms with van der Waals surface area (Å²) in [5.41, 5.74) is 8.13. The van der Waals surface area contributed by atoms with Crippen LogP contribution in [0.1, 0.15) is 37.4 Å². The average Bonchev–Trinajstić information content (AvgIpc) is 2.94. The number of nitrogens with one attached hydrogen (secondary N) is 1. The first-order chi connectivity index (χ1) is 10.1. The predicted octanol–water partition coefficient (Wildman–Crippen LogP) is 3.17. The second kappa shape index (κ2) is 7.33. The first-order valence-corrected chi connectivity index (χ1v) is 8.00. The van der Waals surface area contributed by atoms with Crippen LogP contribution in [0.15, 0.2) is 35.7 Å². The van der Waals surface area contributed by atoms with Gasteiger partial charge in [0.15, 0.2) is 5.13 Å². The van der Waals surface area contributed by atoms with E-state index >= 15 is 0 Å². The van der Waals surface area contributed by atoms with E-state index in [-0.39, 0.29) is 5.91 Å². The van der Waals surface area contributed by atoms with Crippen molar-refractivity contribution in [2.24, 2.45) is 5.73 Å². The van der Waals surface area contributed by atoms with Crippen LogP contribution in [0, 0.1) is 0 Å². The third kappa shape index (κ3) is 4.65. The highest BCUT2D eigenvalue weighted by Crippen LogP contribution is 2.21. The molecule has 0 bridgehead atoms. The molecule has 21 heavy (non-hydrogen) atoms. The lowest BCUT2D eigenvalue weighted by Crippen LogP contribution is -2.36. The van der Waals surface area contributed by atoms with E-state index in [9.17, 15) is 4.79 Å². The molecule has 3 N–H and O–H groups in total. The maximum Gasteiger partial charge on any atom is 0.243 e. The highest BCUT2D eigenvalue weighted by atomic mass is 32.1. The van der Waals surface area contributed by atoms with E-state index in [1.165, 1.54) is 16.9 Å². The van der Waals surface area contributed by atoms with Crippen molar-refractivity contribution in [1.29, 1.82) is 0 Å². The minimum atomic E-state index is -0.517. The number of hydrogen-bond acceptors (Lipinski definition) is 4. The van der Waals surface area contributed by atoms with Crippen LogP contribution in [0.5, 0.6) is 0 Å². The maximum absolute atomic E-state index is 12.0. The van der Waals surface area contributed by atoms with Crippen LogP contribution < -0.4 is 11.1 Å². The standard InChI is InChI=1S/C16H21N3OS/c1-11(2)14-10-21-16(18-14)19-15(20)13(17)9-8-12-6-4-3-5-7-12/h3-7,10-11,13H,8-9,17H2,1-2H3,(H,18,19,20). The molecule has 0 aliphatic rings. The Labute approximate surface area is 129 Å². The van der Waals surface area contributed by atoms with Crippen LogP contribution in [-0.4, -0.2) is 16.9 Å². The molecule has 0 aliphatic carbocycles. The minimum Gasteiger partial charge on any atom is -0.320 e. The Morgan fingerprint density at radius 1 is 1.33 bits per heavy atom. The molecule has 0 aliphatic heterocycles. The molecular formula is C16H21N3OS. The summed E-state index contributed by atoms with van der Waals surface area (Å²) >= 11 is 1.44. The third-order valence-corrected chi connectivity index (χ3v) is 4.04. The molecule has 0 saturated carbocycles. The van der Waals surface area contributed by atoms with Gasteiger partial charge in [0.1, 0.15) is 0 Å². The van der Waals surface area contributed by atoms with Crippen molar-refractivity contribution in [3.8, 4) is 0 Å². The summed E-state index contributed by atoms with van der Waals surface area (Å²) in [6, 6.07) is 9.52. The van der Waals surface area contributed by atoms with Crippen LogP contribution in [-0.2, 0) is 11.2 Å². The molecule has 0 fully saturated rings. The molecule has 1 amide bonds. The monoisotopic (exact) mass is 303 g/mol. The summed E-state index contributed by atoms with van der Waals surface area (Å²) in [6.45, 7) is 4.15. The summed E-state index contributed by atoms with van der Waals surface area (Å²) < 4.78 is 0. The normalized spacial score (nSPS) is 12.4. The number of anilines is 1. The minimum absolute atomic E-state index is 0.171. The molecule has 2 rings (SSSR count). The Kier molecular flexibility index (Phi) is 5.47. The van der Waals surface area contributed by atoms with E-state index in [4.69, 9.17) is 5.73 Å². The number of nitrogens with zero attached hydrogens (tertiary/aromatic N) is 1. The zero-order valence-corrected chi connectivity index (χ0v) is 13.2. The maximum atomic E-state index is 12.0. The number of amides is 1. The van der Waals surface area contributed by atoms with Gasteiger partial charge >= 0.3 is 0 Å². The topological polar surface area (TPSA) is 68.0 Å². The number of aromatic nitrogens is 1. The average molecular weight is 303 g/mol. The van der Waals surface area contributed by atoms with Crippen molar-refractivity contribution in [2.45, 2.75) is 38.6 Å². The van der Waals surface area contributed by atoms with E-state index in [0.717, 1.165) is 12.1 Å². The highest BCUT2D eigenvalue weighted by molar-refractivity contribution is 7.13. The van der Waals surface area contributed by atoms with Gasteiger partial charge in [-0.15, -0.1) is 11.3 Å². The number of carbonyl (C=O) groups is 1. The predicted molar refractivity (Wildman–Crippen MR) is 87.6 cm³/mol. The van der Waals surface area contributed by atoms with Gasteiger partial charge in [-0.2, -0.15) is 0 Å². The Morgan fingerprint density at radius 2 is 2.05 bits per heavy atom. The fourth-order valence-electron chi connectivity index (χ4n) is 1.90. The van der Waals surface area contributed by atoms with Crippen molar-refractivity contribution >= 4 is 22.4 Å². The Morgan fingerprint density at radius 3 is 2.67 bits per heavy atom. The largest absolute Gasteiger partial charge is 0.320 e. The van der Waals surface area contributed by atoms with Gasteiger partial charge in [-0.05, 0) is 24.3 Å². The molecule has 2 aromatic rings. The molecule has 0 saturated heterocycles. The van der Waals surface area contributed by atoms with Crippen molar-refractivity contribution < 1.29 is 4.79 Å². The van der Waals surface area contributed by atoms with E-state index in [0.29, 0.717) is 17.5 Å². The van der Waals surface area contributed by atoms with Gasteiger partial charge in [0, 0.05) is 5.38 Å². The van der Waals surface area contributed by atoms with Crippen LogP contribution in [0.3, 0.4) is 0 Å². The smallest absolute Gasteiger partial charge is 0.243 e. The number of rotatable bonds is 6. The van der Waals surface area contributed by atoms with E-state index < -0.39 is 6.04 Å². The Hall–Kier alpha value is -1.72. The van der Waals surface area contributed by atoms with Crippen molar-refractivity contribution in [1.82, 2.24) is 4.98 Å². The SMILES string of the molecule is CC(C)c1csc(NC(=O)C(N)CCc2ccccc2)n1. The summed E-state index contributed by atoms with van der Waals surface area (Å²) in [7, 11) is 0. The van der Waals surface area contributed by atoms with Crippen LogP contribution >= 0.6 is 11.3 Å². The van der Waals surface area contributed by atoms with Gasteiger partial charge in [0.2, 0.25) is 5.91 Å². The number of hydrogen-bond donors (Lipinski definition) is 2. The van der Waals surface area contributed by atoms with Crippen LogP contribution in [0.4, 0.5) is 5.13 Å². The molecule has 1 aromatic heterocycles. The van der Waals surface area contributed by atoms with Gasteiger partial charge in [-0.3, -0.25) is 4.79 Å². The van der Waals surface area contributed by atoms with Gasteiger partial charge in [-0.25, -0.2) is 4.98 Å². The van der Waals surface area contributed by atoms with E-state index in [1.54, 1.807) is 0 Å². The molecule has 0 radical (unpaired) electrons. The van der Waals surface area contributed by atoms with E-state index in [2.05, 4.69) is 24.1 Å². The fraction of sp³-hybridized carbons (Fsp3) is 0.375. The number of nitrogens with two attached hydrogens (primary N) is 1. The van der Waals surface area contributed by atoms with Gasteiger partial charge in [0.25, 0.3) is 0 Å². The van der Waals surface area contributed by atoms with E-state index in [1.807, 2.05) is 35.7 Å².